The summed E-state index contributed by atoms with van der Waals surface area (Å²) in [6, 6.07) is 17.0. The van der Waals surface area contributed by atoms with Crippen molar-refractivity contribution in [3.63, 3.8) is 0 Å². The third-order valence-corrected chi connectivity index (χ3v) is 8.69. The minimum absolute atomic E-state index is 0.0279. The minimum Gasteiger partial charge on any atom is -0.497 e. The molecule has 0 saturated heterocycles. The van der Waals surface area contributed by atoms with Crippen LogP contribution in [0.15, 0.2) is 72.3 Å². The van der Waals surface area contributed by atoms with Gasteiger partial charge in [-0.2, -0.15) is 0 Å². The lowest BCUT2D eigenvalue weighted by Gasteiger charge is -2.41. The molecular weight excluding hydrogens is 719 g/mol. The zero-order valence-electron chi connectivity index (χ0n) is 26.5. The first-order valence-corrected chi connectivity index (χ1v) is 16.1. The van der Waals surface area contributed by atoms with Crippen LogP contribution in [0.25, 0.3) is 0 Å². The topological polar surface area (TPSA) is 144 Å². The molecule has 0 heterocycles. The first-order valence-electron chi connectivity index (χ1n) is 15.0. The Balaban J connectivity index is 1.74. The Bertz CT molecular complexity index is 1580. The van der Waals surface area contributed by atoms with Gasteiger partial charge in [0.15, 0.2) is 11.5 Å². The molecule has 0 bridgehead atoms. The average Bonchev–Trinajstić information content (AvgIpc) is 3.09. The zero-order valence-corrected chi connectivity index (χ0v) is 28.6. The summed E-state index contributed by atoms with van der Waals surface area (Å²) in [5.74, 6) is 1.10. The second-order valence-electron chi connectivity index (χ2n) is 10.8. The van der Waals surface area contributed by atoms with E-state index in [-0.39, 0.29) is 55.5 Å². The summed E-state index contributed by atoms with van der Waals surface area (Å²) in [4.78, 5) is 40.4. The number of benzene rings is 3. The quantitative estimate of drug-likeness (QED) is 0.157. The number of amides is 2. The SMILES string of the molecule is COc1ccc(OC)c(CCN(C(=O)Cc2ccccc2)[C@@H]2CC(C(=O)NCCO)=C[C@H](Oc3c(I)cc(C=O)cc3OC)[C@H]2O)c1. The van der Waals surface area contributed by atoms with E-state index in [4.69, 9.17) is 18.9 Å². The van der Waals surface area contributed by atoms with Crippen LogP contribution < -0.4 is 24.3 Å². The van der Waals surface area contributed by atoms with Crippen molar-refractivity contribution in [1.29, 1.82) is 0 Å². The highest BCUT2D eigenvalue weighted by Gasteiger charge is 2.41. The van der Waals surface area contributed by atoms with Gasteiger partial charge in [0.05, 0.1) is 44.0 Å². The fourth-order valence-corrected chi connectivity index (χ4v) is 6.26. The molecular formula is C35H39IN2O9. The number of methoxy groups -OCH3 is 3. The van der Waals surface area contributed by atoms with E-state index in [1.807, 2.05) is 59.0 Å². The van der Waals surface area contributed by atoms with Crippen molar-refractivity contribution >= 4 is 40.7 Å². The molecule has 2 amide bonds. The van der Waals surface area contributed by atoms with E-state index in [0.29, 0.717) is 33.3 Å². The standard InChI is InChI=1S/C35H39IN2O9/c1-44-26-9-10-29(45-2)24(18-26)11-13-38(32(41)17-22-7-5-4-6-8-22)28-19-25(35(43)37-12-14-39)20-30(33(28)42)47-34-27(36)15-23(21-40)16-31(34)46-3/h4-10,15-16,18,20-21,28,30,33,39,42H,11-14,17,19H2,1-3H3,(H,37,43)/t28-,30+,33+/m1/s1. The van der Waals surface area contributed by atoms with E-state index in [0.717, 1.165) is 11.1 Å². The Hall–Kier alpha value is -4.14. The van der Waals surface area contributed by atoms with E-state index in [2.05, 4.69) is 5.32 Å². The molecule has 0 spiro atoms. The Morgan fingerprint density at radius 1 is 1.02 bits per heavy atom. The summed E-state index contributed by atoms with van der Waals surface area (Å²) in [5, 5.41) is 23.9. The first kappa shape index (κ1) is 35.7. The lowest BCUT2D eigenvalue weighted by Crippen LogP contribution is -2.56. The fourth-order valence-electron chi connectivity index (χ4n) is 5.50. The highest BCUT2D eigenvalue weighted by atomic mass is 127. The van der Waals surface area contributed by atoms with Gasteiger partial charge in [-0.25, -0.2) is 0 Å². The largest absolute Gasteiger partial charge is 0.497 e. The molecule has 0 fully saturated rings. The monoisotopic (exact) mass is 758 g/mol. The molecule has 0 saturated carbocycles. The molecule has 1 aliphatic rings. The smallest absolute Gasteiger partial charge is 0.247 e. The highest BCUT2D eigenvalue weighted by Crippen LogP contribution is 2.37. The second kappa shape index (κ2) is 17.1. The van der Waals surface area contributed by atoms with Crippen LogP contribution in [-0.2, 0) is 22.4 Å². The van der Waals surface area contributed by atoms with Gasteiger partial charge in [-0.05, 0) is 76.5 Å². The number of carbonyl (C=O) groups excluding carboxylic acids is 3. The van der Waals surface area contributed by atoms with Crippen LogP contribution in [0.1, 0.15) is 27.9 Å². The van der Waals surface area contributed by atoms with Crippen LogP contribution in [-0.4, -0.2) is 92.5 Å². The van der Waals surface area contributed by atoms with Gasteiger partial charge in [0, 0.05) is 30.6 Å². The second-order valence-corrected chi connectivity index (χ2v) is 12.0. The summed E-state index contributed by atoms with van der Waals surface area (Å²) < 4.78 is 23.4. The molecule has 250 valence electrons. The van der Waals surface area contributed by atoms with Gasteiger partial charge in [0.2, 0.25) is 11.8 Å². The van der Waals surface area contributed by atoms with E-state index >= 15 is 0 Å². The Morgan fingerprint density at radius 3 is 2.43 bits per heavy atom. The number of aldehydes is 1. The van der Waals surface area contributed by atoms with Gasteiger partial charge >= 0.3 is 0 Å². The fraction of sp³-hybridized carbons (Fsp3) is 0.343. The number of nitrogens with one attached hydrogen (secondary N) is 1. The van der Waals surface area contributed by atoms with Crippen LogP contribution >= 0.6 is 22.6 Å². The maximum atomic E-state index is 14.1. The maximum Gasteiger partial charge on any atom is 0.247 e. The van der Waals surface area contributed by atoms with Crippen molar-refractivity contribution in [3.8, 4) is 23.0 Å². The molecule has 12 heteroatoms. The number of carbonyl (C=O) groups is 3. The number of nitrogens with zero attached hydrogens (tertiary/aromatic N) is 1. The molecule has 3 N–H and O–H groups in total. The molecule has 0 aliphatic heterocycles. The van der Waals surface area contributed by atoms with Crippen LogP contribution in [0.2, 0.25) is 0 Å². The summed E-state index contributed by atoms with van der Waals surface area (Å²) in [5.41, 5.74) is 2.26. The van der Waals surface area contributed by atoms with Gasteiger partial charge in [0.25, 0.3) is 0 Å². The molecule has 3 atom stereocenters. The summed E-state index contributed by atoms with van der Waals surface area (Å²) in [6.07, 6.45) is 0.351. The van der Waals surface area contributed by atoms with E-state index in [1.165, 1.54) is 19.3 Å². The highest BCUT2D eigenvalue weighted by molar-refractivity contribution is 14.1. The number of aliphatic hydroxyl groups excluding tert-OH is 2. The normalized spacial score (nSPS) is 17.2. The zero-order chi connectivity index (χ0) is 33.9. The van der Waals surface area contributed by atoms with Gasteiger partial charge in [-0.1, -0.05) is 30.3 Å². The summed E-state index contributed by atoms with van der Waals surface area (Å²) in [6.45, 7) is -0.0440. The number of ether oxygens (including phenoxy) is 4. The van der Waals surface area contributed by atoms with Crippen LogP contribution in [0.5, 0.6) is 23.0 Å². The minimum atomic E-state index is -1.26. The molecule has 1 aliphatic carbocycles. The maximum absolute atomic E-state index is 14.1. The molecule has 4 rings (SSSR count). The third kappa shape index (κ3) is 9.02. The molecule has 0 unspecified atom stereocenters. The van der Waals surface area contributed by atoms with Crippen molar-refractivity contribution in [3.05, 3.63) is 92.6 Å². The lowest BCUT2D eigenvalue weighted by molar-refractivity contribution is -0.137. The molecule has 0 aromatic heterocycles. The molecule has 3 aromatic carbocycles. The molecule has 3 aromatic rings. The lowest BCUT2D eigenvalue weighted by atomic mass is 9.87. The van der Waals surface area contributed by atoms with E-state index < -0.39 is 24.2 Å². The predicted octanol–water partition coefficient (Wildman–Crippen LogP) is 3.36. The third-order valence-electron chi connectivity index (χ3n) is 7.88. The summed E-state index contributed by atoms with van der Waals surface area (Å²) in [7, 11) is 4.57. The Labute approximate surface area is 287 Å². The Morgan fingerprint density at radius 2 is 1.77 bits per heavy atom. The number of aliphatic hydroxyl groups is 2. The van der Waals surface area contributed by atoms with Crippen LogP contribution in [0.4, 0.5) is 0 Å². The number of hydrogen-bond donors (Lipinski definition) is 3. The van der Waals surface area contributed by atoms with Gasteiger partial charge in [-0.15, -0.1) is 0 Å². The van der Waals surface area contributed by atoms with Crippen LogP contribution in [0, 0.1) is 3.57 Å². The van der Waals surface area contributed by atoms with Crippen molar-refractivity contribution < 1.29 is 43.5 Å². The van der Waals surface area contributed by atoms with Gasteiger partial charge in [-0.3, -0.25) is 14.4 Å². The van der Waals surface area contributed by atoms with Crippen molar-refractivity contribution in [2.45, 2.75) is 37.5 Å². The predicted molar refractivity (Wildman–Crippen MR) is 183 cm³/mol. The van der Waals surface area contributed by atoms with Crippen molar-refractivity contribution in [1.82, 2.24) is 10.2 Å². The van der Waals surface area contributed by atoms with Crippen molar-refractivity contribution in [2.75, 3.05) is 41.0 Å². The number of hydrogen-bond acceptors (Lipinski definition) is 9. The summed E-state index contributed by atoms with van der Waals surface area (Å²) >= 11 is 2.01. The molecule has 47 heavy (non-hydrogen) atoms. The van der Waals surface area contributed by atoms with Crippen LogP contribution in [0.3, 0.4) is 0 Å². The molecule has 0 radical (unpaired) electrons. The Kier molecular flexibility index (Phi) is 13.0. The van der Waals surface area contributed by atoms with Gasteiger partial charge < -0.3 is 39.4 Å². The first-order chi connectivity index (χ1) is 22.7. The van der Waals surface area contributed by atoms with Crippen molar-refractivity contribution in [2.24, 2.45) is 0 Å². The average molecular weight is 759 g/mol. The van der Waals surface area contributed by atoms with E-state index in [9.17, 15) is 24.6 Å². The van der Waals surface area contributed by atoms with E-state index in [1.54, 1.807) is 37.3 Å². The molecule has 11 nitrogen and oxygen atoms in total. The number of halogens is 1. The van der Waals surface area contributed by atoms with Gasteiger partial charge in [0.1, 0.15) is 30.0 Å². The number of rotatable bonds is 15.